The second-order valence-electron chi connectivity index (χ2n) is 10.5. The van der Waals surface area contributed by atoms with Gasteiger partial charge in [-0.05, 0) is 87.5 Å². The second kappa shape index (κ2) is 11.0. The highest BCUT2D eigenvalue weighted by Gasteiger charge is 2.39. The summed E-state index contributed by atoms with van der Waals surface area (Å²) < 4.78 is 13.7. The average Bonchev–Trinajstić information content (AvgIpc) is 3.58. The molecule has 2 amide bonds. The summed E-state index contributed by atoms with van der Waals surface area (Å²) in [6.45, 7) is 2.49. The summed E-state index contributed by atoms with van der Waals surface area (Å²) >= 11 is 0. The number of nitrogens with one attached hydrogen (secondary N) is 3. The van der Waals surface area contributed by atoms with Gasteiger partial charge in [0.25, 0.3) is 0 Å². The van der Waals surface area contributed by atoms with Crippen molar-refractivity contribution in [1.29, 1.82) is 0 Å². The maximum atomic E-state index is 14.0. The first-order chi connectivity index (χ1) is 17.9. The lowest BCUT2D eigenvalue weighted by Gasteiger charge is -2.35. The Morgan fingerprint density at radius 1 is 1.08 bits per heavy atom. The van der Waals surface area contributed by atoms with Crippen LogP contribution in [0, 0.1) is 11.7 Å². The number of aromatic amines is 1. The number of carbonyl (C=O) groups excluding carboxylic acids is 2. The van der Waals surface area contributed by atoms with Gasteiger partial charge >= 0.3 is 0 Å². The number of hydrogen-bond donors (Lipinski definition) is 3. The van der Waals surface area contributed by atoms with Crippen LogP contribution in [-0.2, 0) is 9.59 Å². The highest BCUT2D eigenvalue weighted by Crippen LogP contribution is 2.36. The molecular formula is C29H36FN5O2. The Labute approximate surface area is 217 Å². The summed E-state index contributed by atoms with van der Waals surface area (Å²) in [4.78, 5) is 36.6. The Morgan fingerprint density at radius 2 is 1.89 bits per heavy atom. The molecule has 3 heterocycles. The van der Waals surface area contributed by atoms with Gasteiger partial charge in [-0.3, -0.25) is 14.6 Å². The molecule has 1 aliphatic heterocycles. The fourth-order valence-electron chi connectivity index (χ4n) is 5.85. The van der Waals surface area contributed by atoms with E-state index in [4.69, 9.17) is 0 Å². The van der Waals surface area contributed by atoms with Gasteiger partial charge in [-0.15, -0.1) is 0 Å². The summed E-state index contributed by atoms with van der Waals surface area (Å²) in [7, 11) is 1.75. The van der Waals surface area contributed by atoms with Crippen molar-refractivity contribution in [3.63, 3.8) is 0 Å². The summed E-state index contributed by atoms with van der Waals surface area (Å²) in [5, 5.41) is 7.00. The molecule has 7 nitrogen and oxygen atoms in total. The lowest BCUT2D eigenvalue weighted by molar-refractivity contribution is -0.139. The molecule has 37 heavy (non-hydrogen) atoms. The Bertz CT molecular complexity index is 1270. The molecule has 1 aromatic carbocycles. The standard InChI is InChI=1S/C29H36FN5O2/c1-18(31-2)28(36)34-27(19-7-4-3-5-8-19)29(37)35-14-6-9-26(35)21-12-13-32-24(16-21)25-15-20-10-11-22(30)17-23(20)33-25/h10-13,15-19,26-27,31,33H,3-9,14H2,1-2H3,(H,34,36). The Hall–Kier alpha value is -3.26. The number of hydrogen-bond acceptors (Lipinski definition) is 4. The maximum absolute atomic E-state index is 14.0. The third kappa shape index (κ3) is 5.39. The van der Waals surface area contributed by atoms with E-state index in [0.717, 1.165) is 66.4 Å². The number of fused-ring (bicyclic) bond motifs is 1. The molecule has 196 valence electrons. The van der Waals surface area contributed by atoms with Crippen molar-refractivity contribution in [2.75, 3.05) is 13.6 Å². The summed E-state index contributed by atoms with van der Waals surface area (Å²) in [5.41, 5.74) is 3.32. The zero-order chi connectivity index (χ0) is 25.9. The second-order valence-corrected chi connectivity index (χ2v) is 10.5. The number of benzene rings is 1. The van der Waals surface area contributed by atoms with Crippen LogP contribution in [0.4, 0.5) is 4.39 Å². The number of likely N-dealkylation sites (N-methyl/N-ethyl adjacent to an activating group) is 1. The molecule has 1 saturated heterocycles. The summed E-state index contributed by atoms with van der Waals surface area (Å²) in [6, 6.07) is 9.71. The molecule has 2 aromatic heterocycles. The van der Waals surface area contributed by atoms with E-state index in [1.165, 1.54) is 18.6 Å². The lowest BCUT2D eigenvalue weighted by Crippen LogP contribution is -2.55. The van der Waals surface area contributed by atoms with E-state index in [-0.39, 0.29) is 35.6 Å². The first-order valence-electron chi connectivity index (χ1n) is 13.5. The number of aromatic nitrogens is 2. The van der Waals surface area contributed by atoms with Crippen LogP contribution in [0.5, 0.6) is 0 Å². The molecule has 0 spiro atoms. The smallest absolute Gasteiger partial charge is 0.245 e. The third-order valence-electron chi connectivity index (χ3n) is 8.08. The Kier molecular flexibility index (Phi) is 7.55. The fraction of sp³-hybridized carbons (Fsp3) is 0.483. The predicted octanol–water partition coefficient (Wildman–Crippen LogP) is 4.71. The average molecular weight is 506 g/mol. The number of halogens is 1. The number of carbonyl (C=O) groups is 2. The number of likely N-dealkylation sites (tertiary alicyclic amines) is 1. The minimum atomic E-state index is -0.505. The highest BCUT2D eigenvalue weighted by atomic mass is 19.1. The predicted molar refractivity (Wildman–Crippen MR) is 142 cm³/mol. The van der Waals surface area contributed by atoms with Gasteiger partial charge in [-0.25, -0.2) is 4.39 Å². The number of amides is 2. The molecule has 0 bridgehead atoms. The SMILES string of the molecule is CNC(C)C(=O)NC(C(=O)N1CCCC1c1ccnc(-c2cc3ccc(F)cc3[nH]2)c1)C1CCCCC1. The van der Waals surface area contributed by atoms with Crippen LogP contribution in [0.15, 0.2) is 42.6 Å². The first kappa shape index (κ1) is 25.4. The van der Waals surface area contributed by atoms with E-state index >= 15 is 0 Å². The van der Waals surface area contributed by atoms with E-state index in [0.29, 0.717) is 6.54 Å². The van der Waals surface area contributed by atoms with E-state index in [2.05, 4.69) is 20.6 Å². The van der Waals surface area contributed by atoms with Crippen molar-refractivity contribution in [2.24, 2.45) is 5.92 Å². The molecule has 2 aliphatic rings. The topological polar surface area (TPSA) is 90.1 Å². The molecule has 3 atom stereocenters. The van der Waals surface area contributed by atoms with Gasteiger partial charge in [0.2, 0.25) is 11.8 Å². The number of rotatable bonds is 7. The van der Waals surface area contributed by atoms with Gasteiger partial charge in [0.15, 0.2) is 0 Å². The fourth-order valence-corrected chi connectivity index (χ4v) is 5.85. The first-order valence-corrected chi connectivity index (χ1v) is 13.5. The zero-order valence-corrected chi connectivity index (χ0v) is 21.6. The quantitative estimate of drug-likeness (QED) is 0.434. The molecule has 1 aliphatic carbocycles. The van der Waals surface area contributed by atoms with E-state index in [1.807, 2.05) is 30.0 Å². The van der Waals surface area contributed by atoms with Gasteiger partial charge in [0.05, 0.1) is 23.5 Å². The van der Waals surface area contributed by atoms with Gasteiger partial charge in [0.1, 0.15) is 11.9 Å². The van der Waals surface area contributed by atoms with E-state index < -0.39 is 6.04 Å². The van der Waals surface area contributed by atoms with Crippen LogP contribution in [0.1, 0.15) is 63.5 Å². The molecular weight excluding hydrogens is 469 g/mol. The normalized spacial score (nSPS) is 20.2. The number of H-pyrrole nitrogens is 1. The van der Waals surface area contributed by atoms with Crippen molar-refractivity contribution in [3.8, 4) is 11.4 Å². The Morgan fingerprint density at radius 3 is 2.68 bits per heavy atom. The van der Waals surface area contributed by atoms with Crippen LogP contribution in [-0.4, -0.2) is 52.4 Å². The number of pyridine rings is 1. The lowest BCUT2D eigenvalue weighted by atomic mass is 9.83. The van der Waals surface area contributed by atoms with Crippen LogP contribution >= 0.6 is 0 Å². The van der Waals surface area contributed by atoms with Crippen molar-refractivity contribution in [2.45, 2.75) is 70.0 Å². The molecule has 1 saturated carbocycles. The minimum absolute atomic E-state index is 0.0190. The van der Waals surface area contributed by atoms with Crippen LogP contribution in [0.25, 0.3) is 22.3 Å². The molecule has 3 N–H and O–H groups in total. The van der Waals surface area contributed by atoms with Crippen molar-refractivity contribution < 1.29 is 14.0 Å². The number of nitrogens with zero attached hydrogens (tertiary/aromatic N) is 2. The minimum Gasteiger partial charge on any atom is -0.353 e. The van der Waals surface area contributed by atoms with Crippen molar-refractivity contribution in [3.05, 3.63) is 54.0 Å². The van der Waals surface area contributed by atoms with Gasteiger partial charge in [-0.1, -0.05) is 19.3 Å². The summed E-state index contributed by atoms with van der Waals surface area (Å²) in [6.07, 6.45) is 8.85. The van der Waals surface area contributed by atoms with Gasteiger partial charge in [0, 0.05) is 23.6 Å². The third-order valence-corrected chi connectivity index (χ3v) is 8.08. The van der Waals surface area contributed by atoms with Gasteiger partial charge < -0.3 is 20.5 Å². The molecule has 0 radical (unpaired) electrons. The van der Waals surface area contributed by atoms with Crippen LogP contribution < -0.4 is 10.6 Å². The van der Waals surface area contributed by atoms with Crippen LogP contribution in [0.3, 0.4) is 0 Å². The zero-order valence-electron chi connectivity index (χ0n) is 21.6. The van der Waals surface area contributed by atoms with Crippen LogP contribution in [0.2, 0.25) is 0 Å². The largest absolute Gasteiger partial charge is 0.353 e. The molecule has 8 heteroatoms. The van der Waals surface area contributed by atoms with E-state index in [9.17, 15) is 14.0 Å². The molecule has 2 fully saturated rings. The molecule has 5 rings (SSSR count). The highest BCUT2D eigenvalue weighted by molar-refractivity contribution is 5.90. The monoisotopic (exact) mass is 505 g/mol. The summed E-state index contributed by atoms with van der Waals surface area (Å²) in [5.74, 6) is -0.240. The van der Waals surface area contributed by atoms with E-state index in [1.54, 1.807) is 19.3 Å². The molecule has 3 aromatic rings. The van der Waals surface area contributed by atoms with Gasteiger partial charge in [-0.2, -0.15) is 0 Å². The Balaban J connectivity index is 1.40. The van der Waals surface area contributed by atoms with Crippen molar-refractivity contribution in [1.82, 2.24) is 25.5 Å². The molecule has 3 unspecified atom stereocenters. The maximum Gasteiger partial charge on any atom is 0.245 e. The van der Waals surface area contributed by atoms with Crippen molar-refractivity contribution >= 4 is 22.7 Å².